The topological polar surface area (TPSA) is 26.3 Å². The average Bonchev–Trinajstić information content (AvgIpc) is 2.37. The van der Waals surface area contributed by atoms with Crippen molar-refractivity contribution in [2.24, 2.45) is 0 Å². The lowest BCUT2D eigenvalue weighted by Gasteiger charge is -1.99. The van der Waals surface area contributed by atoms with Crippen LogP contribution in [0, 0.1) is 12.3 Å². The van der Waals surface area contributed by atoms with E-state index in [1.165, 1.54) is 0 Å². The van der Waals surface area contributed by atoms with Crippen molar-refractivity contribution in [3.63, 3.8) is 0 Å². The van der Waals surface area contributed by atoms with Crippen LogP contribution in [0.5, 0.6) is 0 Å². The lowest BCUT2D eigenvalue weighted by Crippen LogP contribution is -2.16. The predicted molar refractivity (Wildman–Crippen MR) is 32.8 cm³/mol. The van der Waals surface area contributed by atoms with Crippen LogP contribution in [0.25, 0.3) is 0 Å². The van der Waals surface area contributed by atoms with Crippen molar-refractivity contribution in [1.29, 1.82) is 0 Å². The molecule has 0 spiro atoms. The fourth-order valence-corrected chi connectivity index (χ4v) is 0.877. The Morgan fingerprint density at radius 2 is 2.56 bits per heavy atom. The number of Topliss-reactive ketones (excluding diaryl/α,β-unsaturated/α-hetero) is 1. The smallest absolute Gasteiger partial charge is 0.233 e. The summed E-state index contributed by atoms with van der Waals surface area (Å²) in [4.78, 5) is 10.7. The van der Waals surface area contributed by atoms with E-state index >= 15 is 0 Å². The van der Waals surface area contributed by atoms with Crippen LogP contribution in [-0.2, 0) is 9.53 Å². The zero-order valence-corrected chi connectivity index (χ0v) is 5.09. The van der Waals surface area contributed by atoms with Crippen LogP contribution in [0.3, 0.4) is 0 Å². The molecule has 48 valence electrons. The Kier molecular flexibility index (Phi) is 1.86. The van der Waals surface area contributed by atoms with Gasteiger partial charge in [0.15, 0.2) is 0 Å². The van der Waals surface area contributed by atoms with Crippen molar-refractivity contribution in [1.82, 2.24) is 0 Å². The lowest BCUT2D eigenvalue weighted by molar-refractivity contribution is -0.122. The molecule has 1 saturated heterocycles. The molecule has 1 aliphatic rings. The summed E-state index contributed by atoms with van der Waals surface area (Å²) in [7, 11) is 0. The summed E-state index contributed by atoms with van der Waals surface area (Å²) in [6.45, 7) is 0.679. The second-order valence-electron chi connectivity index (χ2n) is 2.01. The second kappa shape index (κ2) is 2.65. The van der Waals surface area contributed by atoms with Gasteiger partial charge in [0.1, 0.15) is 6.10 Å². The minimum absolute atomic E-state index is 0.215. The highest BCUT2D eigenvalue weighted by molar-refractivity contribution is 5.98. The van der Waals surface area contributed by atoms with Gasteiger partial charge in [0.05, 0.1) is 0 Å². The summed E-state index contributed by atoms with van der Waals surface area (Å²) in [6, 6.07) is 0. The fraction of sp³-hybridized carbons (Fsp3) is 0.571. The number of carbonyl (C=O) groups is 1. The van der Waals surface area contributed by atoms with E-state index < -0.39 is 0 Å². The van der Waals surface area contributed by atoms with Gasteiger partial charge in [-0.25, -0.2) is 0 Å². The standard InChI is InChI=1S/C7H8O2/c1-2-6(8)7-4-3-5-9-7/h1,7H,3-5H2/t7-/m1/s1. The number of hydrogen-bond donors (Lipinski definition) is 0. The van der Waals surface area contributed by atoms with Gasteiger partial charge in [-0.3, -0.25) is 4.79 Å². The fourth-order valence-electron chi connectivity index (χ4n) is 0.877. The van der Waals surface area contributed by atoms with Crippen LogP contribution < -0.4 is 0 Å². The molecule has 2 heteroatoms. The van der Waals surface area contributed by atoms with Gasteiger partial charge in [-0.1, -0.05) is 0 Å². The quantitative estimate of drug-likeness (QED) is 0.373. The molecule has 0 N–H and O–H groups in total. The monoisotopic (exact) mass is 124 g/mol. The summed E-state index contributed by atoms with van der Waals surface area (Å²) in [5.74, 6) is 1.83. The molecular weight excluding hydrogens is 116 g/mol. The lowest BCUT2D eigenvalue weighted by atomic mass is 10.2. The highest BCUT2D eigenvalue weighted by Crippen LogP contribution is 2.11. The van der Waals surface area contributed by atoms with Gasteiger partial charge in [0, 0.05) is 6.61 Å². The normalized spacial score (nSPS) is 25.4. The van der Waals surface area contributed by atoms with Crippen LogP contribution in [0.1, 0.15) is 12.8 Å². The van der Waals surface area contributed by atoms with Crippen molar-refractivity contribution in [2.45, 2.75) is 18.9 Å². The van der Waals surface area contributed by atoms with Crippen molar-refractivity contribution in [2.75, 3.05) is 6.61 Å². The number of hydrogen-bond acceptors (Lipinski definition) is 2. The van der Waals surface area contributed by atoms with Crippen molar-refractivity contribution in [3.05, 3.63) is 0 Å². The van der Waals surface area contributed by atoms with Gasteiger partial charge in [0.2, 0.25) is 5.78 Å². The Morgan fingerprint density at radius 1 is 1.78 bits per heavy atom. The van der Waals surface area contributed by atoms with E-state index in [0.717, 1.165) is 12.8 Å². The molecule has 1 aliphatic heterocycles. The minimum atomic E-state index is -0.296. The third kappa shape index (κ3) is 1.30. The predicted octanol–water partition coefficient (Wildman–Crippen LogP) is 0.368. The molecule has 0 saturated carbocycles. The van der Waals surface area contributed by atoms with E-state index in [-0.39, 0.29) is 11.9 Å². The maximum absolute atomic E-state index is 10.7. The molecule has 0 aromatic rings. The summed E-state index contributed by atoms with van der Waals surface area (Å²) in [5.41, 5.74) is 0. The second-order valence-corrected chi connectivity index (χ2v) is 2.01. The number of ketones is 1. The van der Waals surface area contributed by atoms with E-state index in [1.807, 2.05) is 5.92 Å². The van der Waals surface area contributed by atoms with E-state index in [9.17, 15) is 4.79 Å². The summed E-state index contributed by atoms with van der Waals surface area (Å²) < 4.78 is 5.01. The molecule has 1 atom stereocenters. The highest BCUT2D eigenvalue weighted by atomic mass is 16.5. The van der Waals surface area contributed by atoms with Gasteiger partial charge in [-0.05, 0) is 18.8 Å². The van der Waals surface area contributed by atoms with Crippen LogP contribution in [0.2, 0.25) is 0 Å². The van der Waals surface area contributed by atoms with E-state index in [4.69, 9.17) is 11.2 Å². The zero-order chi connectivity index (χ0) is 6.69. The molecule has 0 aromatic heterocycles. The van der Waals surface area contributed by atoms with Crippen molar-refractivity contribution in [3.8, 4) is 12.3 Å². The maximum atomic E-state index is 10.7. The molecule has 1 rings (SSSR count). The minimum Gasteiger partial charge on any atom is -0.369 e. The molecule has 0 aromatic carbocycles. The zero-order valence-electron chi connectivity index (χ0n) is 5.09. The summed E-state index contributed by atoms with van der Waals surface area (Å²) in [5, 5.41) is 0. The molecule has 2 nitrogen and oxygen atoms in total. The van der Waals surface area contributed by atoms with E-state index in [0.29, 0.717) is 6.61 Å². The first-order valence-electron chi connectivity index (χ1n) is 2.96. The summed E-state index contributed by atoms with van der Waals surface area (Å²) >= 11 is 0. The van der Waals surface area contributed by atoms with Gasteiger partial charge < -0.3 is 4.74 Å². The number of terminal acetylenes is 1. The SMILES string of the molecule is C#CC(=O)[C@H]1CCCO1. The number of carbonyl (C=O) groups excluding carboxylic acids is 1. The molecule has 0 unspecified atom stereocenters. The van der Waals surface area contributed by atoms with Gasteiger partial charge in [0.25, 0.3) is 0 Å². The van der Waals surface area contributed by atoms with Crippen LogP contribution in [0.4, 0.5) is 0 Å². The third-order valence-corrected chi connectivity index (χ3v) is 1.36. The maximum Gasteiger partial charge on any atom is 0.233 e. The largest absolute Gasteiger partial charge is 0.369 e. The molecule has 1 heterocycles. The molecule has 9 heavy (non-hydrogen) atoms. The Morgan fingerprint density at radius 3 is 3.00 bits per heavy atom. The van der Waals surface area contributed by atoms with Crippen LogP contribution in [-0.4, -0.2) is 18.5 Å². The Bertz CT molecular complexity index is 149. The first-order valence-corrected chi connectivity index (χ1v) is 2.96. The first kappa shape index (κ1) is 6.31. The Labute approximate surface area is 54.2 Å². The third-order valence-electron chi connectivity index (χ3n) is 1.36. The van der Waals surface area contributed by atoms with Crippen molar-refractivity contribution >= 4 is 5.78 Å². The van der Waals surface area contributed by atoms with E-state index in [1.54, 1.807) is 0 Å². The van der Waals surface area contributed by atoms with Gasteiger partial charge in [-0.15, -0.1) is 6.42 Å². The Hall–Kier alpha value is -0.810. The number of rotatable bonds is 1. The molecule has 0 radical (unpaired) electrons. The summed E-state index contributed by atoms with van der Waals surface area (Å²) in [6.07, 6.45) is 6.33. The van der Waals surface area contributed by atoms with Gasteiger partial charge >= 0.3 is 0 Å². The van der Waals surface area contributed by atoms with E-state index in [2.05, 4.69) is 0 Å². The Balaban J connectivity index is 2.44. The van der Waals surface area contributed by atoms with Crippen molar-refractivity contribution < 1.29 is 9.53 Å². The van der Waals surface area contributed by atoms with Crippen LogP contribution in [0.15, 0.2) is 0 Å². The average molecular weight is 124 g/mol. The molecule has 1 fully saturated rings. The molecular formula is C7H8O2. The van der Waals surface area contributed by atoms with Crippen LogP contribution >= 0.6 is 0 Å². The molecule has 0 bridgehead atoms. The first-order chi connectivity index (χ1) is 4.34. The van der Waals surface area contributed by atoms with Gasteiger partial charge in [-0.2, -0.15) is 0 Å². The molecule has 0 aliphatic carbocycles. The highest BCUT2D eigenvalue weighted by Gasteiger charge is 2.21. The molecule has 0 amide bonds. The number of ether oxygens (including phenoxy) is 1.